The van der Waals surface area contributed by atoms with Gasteiger partial charge in [0.2, 0.25) is 17.7 Å². The Balaban J connectivity index is 2.15. The highest BCUT2D eigenvalue weighted by Crippen LogP contribution is 2.21. The third-order valence-corrected chi connectivity index (χ3v) is 5.76. The number of carbonyl (C=O) groups excluding carboxylic acids is 3. The van der Waals surface area contributed by atoms with Crippen molar-refractivity contribution < 1.29 is 23.7 Å². The van der Waals surface area contributed by atoms with E-state index in [2.05, 4.69) is 28.7 Å². The van der Waals surface area contributed by atoms with Crippen molar-refractivity contribution in [1.82, 2.24) is 16.1 Å². The summed E-state index contributed by atoms with van der Waals surface area (Å²) >= 11 is 6.14. The van der Waals surface area contributed by atoms with Crippen LogP contribution in [0.15, 0.2) is 24.3 Å². The second kappa shape index (κ2) is 14.1. The summed E-state index contributed by atoms with van der Waals surface area (Å²) in [5.41, 5.74) is 3.28. The first-order valence-corrected chi connectivity index (χ1v) is 14.4. The van der Waals surface area contributed by atoms with Gasteiger partial charge in [-0.25, -0.2) is 10.1 Å². The Hall–Kier alpha value is -1.10. The van der Waals surface area contributed by atoms with Gasteiger partial charge in [0.15, 0.2) is 0 Å². The van der Waals surface area contributed by atoms with E-state index in [-0.39, 0.29) is 30.6 Å². The van der Waals surface area contributed by atoms with Crippen LogP contribution in [0.1, 0.15) is 31.2 Å². The van der Waals surface area contributed by atoms with Gasteiger partial charge < -0.3 is 15.4 Å². The van der Waals surface area contributed by atoms with Crippen molar-refractivity contribution in [2.75, 3.05) is 18.9 Å². The summed E-state index contributed by atoms with van der Waals surface area (Å²) in [6.45, 7) is 1.00. The fourth-order valence-electron chi connectivity index (χ4n) is 3.06. The molecular weight excluding hydrogens is 540 g/mol. The van der Waals surface area contributed by atoms with E-state index >= 15 is 0 Å². The Morgan fingerprint density at radius 2 is 2.03 bits per heavy atom. The van der Waals surface area contributed by atoms with Crippen molar-refractivity contribution in [3.05, 3.63) is 29.8 Å². The van der Waals surface area contributed by atoms with E-state index in [0.717, 1.165) is 17.7 Å². The van der Waals surface area contributed by atoms with Crippen LogP contribution in [0.3, 0.4) is 0 Å². The molecule has 2 aliphatic heterocycles. The standard InChI is InChI=1S/C19H27IN3O5PS/c20-29-28-23-18(25)14-3-1-9-27-15-6-4-13(5-7-15)11-16(22-17(24)12-14)19(26)21-8-2-10-30/h4-7,14,16,29-30H,1-3,8-12H2,(H,21,26)(H,22,24)(H,23,25)/t14?,16-/m0/s1. The Morgan fingerprint density at radius 3 is 2.73 bits per heavy atom. The average molecular weight is 567 g/mol. The topological polar surface area (TPSA) is 106 Å². The molecule has 166 valence electrons. The number of carbonyl (C=O) groups is 3. The summed E-state index contributed by atoms with van der Waals surface area (Å²) in [6, 6.07) is 6.73. The molecule has 0 fully saturated rings. The number of benzene rings is 1. The number of fused-ring (bicyclic) bond motifs is 11. The summed E-state index contributed by atoms with van der Waals surface area (Å²) in [7, 11) is 0. The minimum absolute atomic E-state index is 0.0302. The molecule has 0 spiro atoms. The van der Waals surface area contributed by atoms with Gasteiger partial charge in [-0.3, -0.25) is 14.4 Å². The van der Waals surface area contributed by atoms with Gasteiger partial charge >= 0.3 is 0 Å². The quantitative estimate of drug-likeness (QED) is 0.133. The molecule has 3 N–H and O–H groups in total. The molecule has 0 saturated heterocycles. The summed E-state index contributed by atoms with van der Waals surface area (Å²) in [5.74, 6) is -0.137. The van der Waals surface area contributed by atoms with Crippen LogP contribution < -0.4 is 20.9 Å². The van der Waals surface area contributed by atoms with E-state index in [1.54, 1.807) is 0 Å². The highest BCUT2D eigenvalue weighted by atomic mass is 127. The zero-order valence-electron chi connectivity index (χ0n) is 16.5. The molecule has 1 aromatic rings. The molecule has 0 aromatic heterocycles. The maximum atomic E-state index is 12.7. The lowest BCUT2D eigenvalue weighted by Gasteiger charge is -2.22. The summed E-state index contributed by atoms with van der Waals surface area (Å²) < 4.78 is 10.7. The number of thiol groups is 1. The molecular formula is C19H27IN3O5PS. The molecule has 1 aromatic carbocycles. The van der Waals surface area contributed by atoms with Gasteiger partial charge in [-0.2, -0.15) is 12.6 Å². The van der Waals surface area contributed by atoms with Gasteiger partial charge in [-0.15, -0.1) is 0 Å². The van der Waals surface area contributed by atoms with Crippen LogP contribution in [-0.4, -0.2) is 42.7 Å². The van der Waals surface area contributed by atoms with E-state index in [0.29, 0.717) is 38.2 Å². The molecule has 2 bridgehead atoms. The van der Waals surface area contributed by atoms with Gasteiger partial charge in [-0.05, 0) is 64.8 Å². The lowest BCUT2D eigenvalue weighted by Crippen LogP contribution is -2.49. The smallest absolute Gasteiger partial charge is 0.247 e. The minimum Gasteiger partial charge on any atom is -0.494 e. The zero-order chi connectivity index (χ0) is 21.8. The predicted octanol–water partition coefficient (Wildman–Crippen LogP) is 2.32. The Labute approximate surface area is 196 Å². The number of hydroxylamine groups is 1. The maximum absolute atomic E-state index is 12.7. The SMILES string of the molecule is O=C1CC(C(=O)NOPI)CCCOc2ccc(cc2)C[C@@H](C(=O)NCCCS)N1. The fraction of sp³-hybridized carbons (Fsp3) is 0.526. The Kier molecular flexibility index (Phi) is 11.8. The van der Waals surface area contributed by atoms with Gasteiger partial charge in [0.05, 0.1) is 6.61 Å². The van der Waals surface area contributed by atoms with Gasteiger partial charge in [-0.1, -0.05) is 12.1 Å². The van der Waals surface area contributed by atoms with Gasteiger partial charge in [0.25, 0.3) is 0 Å². The Bertz CT molecular complexity index is 710. The molecule has 3 rings (SSSR count). The second-order valence-corrected chi connectivity index (χ2v) is 9.00. The second-order valence-electron chi connectivity index (χ2n) is 6.87. The molecule has 3 amide bonds. The van der Waals surface area contributed by atoms with Crippen molar-refractivity contribution >= 4 is 58.8 Å². The Morgan fingerprint density at radius 1 is 1.27 bits per heavy atom. The van der Waals surface area contributed by atoms with Gasteiger partial charge in [0.1, 0.15) is 18.2 Å². The van der Waals surface area contributed by atoms with Crippen LogP contribution >= 0.6 is 41.1 Å². The number of nitrogens with one attached hydrogen (secondary N) is 3. The van der Waals surface area contributed by atoms with Crippen LogP contribution in [0.2, 0.25) is 0 Å². The molecule has 0 radical (unpaired) electrons. The van der Waals surface area contributed by atoms with Crippen LogP contribution in [0, 0.1) is 5.92 Å². The average Bonchev–Trinajstić information content (AvgIpc) is 2.74. The van der Waals surface area contributed by atoms with Crippen LogP contribution in [0.25, 0.3) is 0 Å². The summed E-state index contributed by atoms with van der Waals surface area (Å²) in [6.07, 6.45) is 2.12. The molecule has 2 heterocycles. The lowest BCUT2D eigenvalue weighted by atomic mass is 9.97. The van der Waals surface area contributed by atoms with Crippen molar-refractivity contribution in [3.63, 3.8) is 0 Å². The summed E-state index contributed by atoms with van der Waals surface area (Å²) in [4.78, 5) is 37.7. The molecule has 30 heavy (non-hydrogen) atoms. The van der Waals surface area contributed by atoms with Crippen LogP contribution in [0.4, 0.5) is 0 Å². The largest absolute Gasteiger partial charge is 0.494 e. The highest BCUT2D eigenvalue weighted by molar-refractivity contribution is 14.2. The molecule has 8 nitrogen and oxygen atoms in total. The van der Waals surface area contributed by atoms with Crippen LogP contribution in [0.5, 0.6) is 5.75 Å². The number of amides is 3. The van der Waals surface area contributed by atoms with Crippen molar-refractivity contribution in [1.29, 1.82) is 0 Å². The number of ether oxygens (including phenoxy) is 1. The zero-order valence-corrected chi connectivity index (χ0v) is 20.5. The monoisotopic (exact) mass is 567 g/mol. The number of hydrogen-bond acceptors (Lipinski definition) is 6. The molecule has 0 saturated carbocycles. The minimum atomic E-state index is -0.733. The number of rotatable bonds is 7. The van der Waals surface area contributed by atoms with E-state index in [1.807, 2.05) is 46.3 Å². The van der Waals surface area contributed by atoms with Crippen LogP contribution in [-0.2, 0) is 25.4 Å². The van der Waals surface area contributed by atoms with Crippen molar-refractivity contribution in [3.8, 4) is 5.75 Å². The number of hydrogen-bond donors (Lipinski definition) is 4. The molecule has 3 atom stereocenters. The van der Waals surface area contributed by atoms with E-state index in [4.69, 9.17) is 9.36 Å². The van der Waals surface area contributed by atoms with E-state index in [9.17, 15) is 14.4 Å². The first-order valence-electron chi connectivity index (χ1n) is 9.74. The van der Waals surface area contributed by atoms with Gasteiger partial charge in [0, 0.05) is 25.3 Å². The molecule has 2 unspecified atom stereocenters. The lowest BCUT2D eigenvalue weighted by molar-refractivity contribution is -0.136. The van der Waals surface area contributed by atoms with Crippen molar-refractivity contribution in [2.45, 2.75) is 38.1 Å². The van der Waals surface area contributed by atoms with Crippen molar-refractivity contribution in [2.24, 2.45) is 5.92 Å². The number of halogens is 1. The first kappa shape index (κ1) is 25.2. The molecule has 0 aliphatic carbocycles. The third kappa shape index (κ3) is 8.95. The highest BCUT2D eigenvalue weighted by Gasteiger charge is 2.26. The predicted molar refractivity (Wildman–Crippen MR) is 128 cm³/mol. The van der Waals surface area contributed by atoms with E-state index in [1.165, 1.54) is 0 Å². The fourth-order valence-corrected chi connectivity index (χ4v) is 3.68. The first-order chi connectivity index (χ1) is 14.5. The third-order valence-electron chi connectivity index (χ3n) is 4.61. The maximum Gasteiger partial charge on any atom is 0.247 e. The summed E-state index contributed by atoms with van der Waals surface area (Å²) in [5, 5.41) is 5.64. The normalized spacial score (nSPS) is 20.3. The molecule has 2 aliphatic rings. The molecule has 11 heteroatoms. The van der Waals surface area contributed by atoms with E-state index < -0.39 is 12.0 Å².